The second kappa shape index (κ2) is 4.99. The highest BCUT2D eigenvalue weighted by molar-refractivity contribution is 5.97. The van der Waals surface area contributed by atoms with Gasteiger partial charge in [0.25, 0.3) is 5.91 Å². The summed E-state index contributed by atoms with van der Waals surface area (Å²) in [5, 5.41) is 3.08. The highest BCUT2D eigenvalue weighted by atomic mass is 16.2. The van der Waals surface area contributed by atoms with Crippen LogP contribution < -0.4 is 5.32 Å². The van der Waals surface area contributed by atoms with Crippen molar-refractivity contribution in [2.75, 3.05) is 0 Å². The molecular weight excluding hydrogens is 240 g/mol. The molecule has 1 saturated carbocycles. The number of nitrogens with one attached hydrogen (secondary N) is 1. The van der Waals surface area contributed by atoms with E-state index in [0.717, 1.165) is 18.5 Å². The molecule has 5 nitrogen and oxygen atoms in total. The maximum absolute atomic E-state index is 12.3. The van der Waals surface area contributed by atoms with Gasteiger partial charge in [-0.15, -0.1) is 0 Å². The topological polar surface area (TPSA) is 59.3 Å². The average molecular weight is 258 g/mol. The van der Waals surface area contributed by atoms with Gasteiger partial charge in [0.15, 0.2) is 11.3 Å². The van der Waals surface area contributed by atoms with Gasteiger partial charge in [-0.3, -0.25) is 4.79 Å². The van der Waals surface area contributed by atoms with Crippen molar-refractivity contribution in [2.45, 2.75) is 45.1 Å². The lowest BCUT2D eigenvalue weighted by molar-refractivity contribution is 0.0924. The van der Waals surface area contributed by atoms with Crippen LogP contribution in [0.15, 0.2) is 18.6 Å². The summed E-state index contributed by atoms with van der Waals surface area (Å²) in [5.41, 5.74) is 1.94. The summed E-state index contributed by atoms with van der Waals surface area (Å²) in [6.07, 6.45) is 11.2. The Balaban J connectivity index is 1.84. The van der Waals surface area contributed by atoms with E-state index in [0.29, 0.717) is 17.4 Å². The molecule has 0 unspecified atom stereocenters. The van der Waals surface area contributed by atoms with E-state index in [2.05, 4.69) is 15.3 Å². The molecule has 5 heteroatoms. The van der Waals surface area contributed by atoms with Crippen LogP contribution in [0, 0.1) is 6.92 Å². The molecule has 0 atom stereocenters. The average Bonchev–Trinajstić information content (AvgIpc) is 2.79. The molecule has 2 aromatic heterocycles. The Labute approximate surface area is 112 Å². The highest BCUT2D eigenvalue weighted by Crippen LogP contribution is 2.18. The van der Waals surface area contributed by atoms with E-state index in [1.165, 1.54) is 19.3 Å². The number of carbonyl (C=O) groups excluding carboxylic acids is 1. The number of fused-ring (bicyclic) bond motifs is 1. The lowest BCUT2D eigenvalue weighted by atomic mass is 9.95. The molecular formula is C14H18N4O. The van der Waals surface area contributed by atoms with Gasteiger partial charge in [-0.1, -0.05) is 19.3 Å². The van der Waals surface area contributed by atoms with E-state index in [1.807, 2.05) is 23.7 Å². The van der Waals surface area contributed by atoms with Crippen LogP contribution in [0.3, 0.4) is 0 Å². The zero-order valence-electron chi connectivity index (χ0n) is 11.1. The van der Waals surface area contributed by atoms with Gasteiger partial charge in [0.05, 0.1) is 5.69 Å². The smallest absolute Gasteiger partial charge is 0.273 e. The lowest BCUT2D eigenvalue weighted by Gasteiger charge is -2.22. The molecule has 0 saturated heterocycles. The van der Waals surface area contributed by atoms with Gasteiger partial charge in [0, 0.05) is 24.6 Å². The Bertz CT molecular complexity index is 599. The molecule has 0 radical (unpaired) electrons. The number of hydrogen-bond donors (Lipinski definition) is 1. The van der Waals surface area contributed by atoms with Crippen molar-refractivity contribution in [1.82, 2.24) is 19.7 Å². The largest absolute Gasteiger partial charge is 0.348 e. The second-order valence-corrected chi connectivity index (χ2v) is 5.20. The van der Waals surface area contributed by atoms with E-state index in [1.54, 1.807) is 6.20 Å². The summed E-state index contributed by atoms with van der Waals surface area (Å²) in [6.45, 7) is 1.91. The van der Waals surface area contributed by atoms with Crippen LogP contribution in [0.4, 0.5) is 0 Å². The van der Waals surface area contributed by atoms with E-state index >= 15 is 0 Å². The summed E-state index contributed by atoms with van der Waals surface area (Å²) in [6, 6.07) is 0.291. The minimum atomic E-state index is -0.108. The van der Waals surface area contributed by atoms with Crippen LogP contribution in [0.1, 0.15) is 48.3 Å². The standard InChI is InChI=1S/C14H18N4O/c1-10-9-18-8-7-15-12(13(18)16-10)14(19)17-11-5-3-2-4-6-11/h7-9,11H,2-6H2,1H3,(H,17,19). The van der Waals surface area contributed by atoms with E-state index in [-0.39, 0.29) is 5.91 Å². The molecule has 19 heavy (non-hydrogen) atoms. The van der Waals surface area contributed by atoms with Gasteiger partial charge in [0.1, 0.15) is 0 Å². The minimum absolute atomic E-state index is 0.108. The monoisotopic (exact) mass is 258 g/mol. The summed E-state index contributed by atoms with van der Waals surface area (Å²) in [5.74, 6) is -0.108. The van der Waals surface area contributed by atoms with Crippen LogP contribution in [0.5, 0.6) is 0 Å². The number of hydrogen-bond acceptors (Lipinski definition) is 3. The van der Waals surface area contributed by atoms with E-state index in [4.69, 9.17) is 0 Å². The van der Waals surface area contributed by atoms with E-state index in [9.17, 15) is 4.79 Å². The first-order valence-corrected chi connectivity index (χ1v) is 6.85. The van der Waals surface area contributed by atoms with Gasteiger partial charge in [-0.05, 0) is 19.8 Å². The molecule has 2 heterocycles. The Kier molecular flexibility index (Phi) is 3.19. The number of nitrogens with zero attached hydrogens (tertiary/aromatic N) is 3. The molecule has 3 rings (SSSR count). The van der Waals surface area contributed by atoms with Crippen LogP contribution in [0.2, 0.25) is 0 Å². The first-order chi connectivity index (χ1) is 9.24. The quantitative estimate of drug-likeness (QED) is 0.897. The van der Waals surface area contributed by atoms with Gasteiger partial charge in [-0.25, -0.2) is 9.97 Å². The van der Waals surface area contributed by atoms with Crippen molar-refractivity contribution >= 4 is 11.6 Å². The Morgan fingerprint density at radius 2 is 2.16 bits per heavy atom. The van der Waals surface area contributed by atoms with Crippen molar-refractivity contribution < 1.29 is 4.79 Å². The third-order valence-corrected chi connectivity index (χ3v) is 3.65. The molecule has 0 aromatic carbocycles. The fraction of sp³-hybridized carbons (Fsp3) is 0.500. The van der Waals surface area contributed by atoms with Crippen molar-refractivity contribution in [3.05, 3.63) is 30.0 Å². The van der Waals surface area contributed by atoms with Gasteiger partial charge < -0.3 is 9.72 Å². The Morgan fingerprint density at radius 1 is 1.37 bits per heavy atom. The van der Waals surface area contributed by atoms with Crippen LogP contribution in [0.25, 0.3) is 5.65 Å². The SMILES string of the molecule is Cc1cn2ccnc(C(=O)NC3CCCCC3)c2n1. The third-order valence-electron chi connectivity index (χ3n) is 3.65. The maximum Gasteiger partial charge on any atom is 0.273 e. The minimum Gasteiger partial charge on any atom is -0.348 e. The van der Waals surface area contributed by atoms with Gasteiger partial charge in [0.2, 0.25) is 0 Å². The molecule has 0 bridgehead atoms. The zero-order valence-corrected chi connectivity index (χ0v) is 11.1. The fourth-order valence-electron chi connectivity index (χ4n) is 2.70. The third kappa shape index (κ3) is 2.45. The molecule has 1 fully saturated rings. The first kappa shape index (κ1) is 12.1. The van der Waals surface area contributed by atoms with Gasteiger partial charge in [-0.2, -0.15) is 0 Å². The zero-order chi connectivity index (χ0) is 13.2. The van der Waals surface area contributed by atoms with Crippen LogP contribution in [-0.2, 0) is 0 Å². The summed E-state index contributed by atoms with van der Waals surface area (Å²) < 4.78 is 1.85. The number of imidazole rings is 1. The molecule has 2 aromatic rings. The first-order valence-electron chi connectivity index (χ1n) is 6.85. The molecule has 1 aliphatic carbocycles. The lowest BCUT2D eigenvalue weighted by Crippen LogP contribution is -2.36. The number of aromatic nitrogens is 3. The summed E-state index contributed by atoms with van der Waals surface area (Å²) in [7, 11) is 0. The second-order valence-electron chi connectivity index (χ2n) is 5.20. The maximum atomic E-state index is 12.3. The van der Waals surface area contributed by atoms with Crippen molar-refractivity contribution in [2.24, 2.45) is 0 Å². The summed E-state index contributed by atoms with van der Waals surface area (Å²) in [4.78, 5) is 20.9. The highest BCUT2D eigenvalue weighted by Gasteiger charge is 2.19. The molecule has 1 N–H and O–H groups in total. The number of aryl methyl sites for hydroxylation is 1. The molecule has 1 amide bonds. The van der Waals surface area contributed by atoms with Crippen LogP contribution in [-0.4, -0.2) is 26.3 Å². The van der Waals surface area contributed by atoms with E-state index < -0.39 is 0 Å². The molecule has 100 valence electrons. The number of carbonyl (C=O) groups is 1. The predicted molar refractivity (Wildman–Crippen MR) is 72.1 cm³/mol. The Hall–Kier alpha value is -1.91. The fourth-order valence-corrected chi connectivity index (χ4v) is 2.70. The number of rotatable bonds is 2. The number of amides is 1. The predicted octanol–water partition coefficient (Wildman–Crippen LogP) is 2.10. The Morgan fingerprint density at radius 3 is 2.95 bits per heavy atom. The molecule has 0 spiro atoms. The van der Waals surface area contributed by atoms with Gasteiger partial charge >= 0.3 is 0 Å². The summed E-state index contributed by atoms with van der Waals surface area (Å²) >= 11 is 0. The molecule has 1 aliphatic rings. The normalized spacial score (nSPS) is 16.7. The molecule has 0 aliphatic heterocycles. The van der Waals surface area contributed by atoms with Crippen LogP contribution >= 0.6 is 0 Å². The van der Waals surface area contributed by atoms with Crippen molar-refractivity contribution in [3.8, 4) is 0 Å². The van der Waals surface area contributed by atoms with Crippen molar-refractivity contribution in [1.29, 1.82) is 0 Å². The van der Waals surface area contributed by atoms with Crippen molar-refractivity contribution in [3.63, 3.8) is 0 Å².